The predicted molar refractivity (Wildman–Crippen MR) is 134 cm³/mol. The Hall–Kier alpha value is -2.02. The van der Waals surface area contributed by atoms with Crippen molar-refractivity contribution in [2.45, 2.75) is 46.2 Å². The number of carbonyl (C=O) groups is 1. The van der Waals surface area contributed by atoms with Gasteiger partial charge >= 0.3 is 0 Å². The summed E-state index contributed by atoms with van der Waals surface area (Å²) in [6.45, 7) is 9.57. The minimum atomic E-state index is -0.388. The molecule has 0 amide bonds. The van der Waals surface area contributed by atoms with E-state index in [1.807, 2.05) is 39.0 Å². The number of benzene rings is 2. The number of morpholine rings is 1. The maximum Gasteiger partial charge on any atom is 0.157 e. The molecule has 0 bridgehead atoms. The predicted octanol–water partition coefficient (Wildman–Crippen LogP) is 5.24. The number of para-hydroxylation sites is 2. The molecule has 3 aromatic rings. The highest BCUT2D eigenvalue weighted by Crippen LogP contribution is 2.30. The van der Waals surface area contributed by atoms with Crippen molar-refractivity contribution >= 4 is 33.8 Å². The number of nitrogens with zero attached hydrogens (tertiary/aromatic N) is 3. The van der Waals surface area contributed by atoms with Gasteiger partial charge in [-0.05, 0) is 30.5 Å². The van der Waals surface area contributed by atoms with E-state index in [0.29, 0.717) is 6.54 Å². The number of rotatable bonds is 7. The standard InChI is InChI=1S/C26H33N3O2.BrH/c1-26(2,3)24(30)19-29-22-12-8-7-11-21(22)27-25(29)23(28-15-17-31-18-16-28)14-13-20-9-5-4-6-10-20;/h4-12,23H,13-19H2,1-3H3;1H. The van der Waals surface area contributed by atoms with Gasteiger partial charge in [0.05, 0.1) is 36.8 Å². The van der Waals surface area contributed by atoms with Gasteiger partial charge in [0, 0.05) is 18.5 Å². The molecule has 1 aromatic heterocycles. The molecule has 1 fully saturated rings. The minimum absolute atomic E-state index is 0. The Morgan fingerprint density at radius 3 is 2.38 bits per heavy atom. The third-order valence-electron chi connectivity index (χ3n) is 6.16. The van der Waals surface area contributed by atoms with Crippen molar-refractivity contribution in [3.8, 4) is 0 Å². The van der Waals surface area contributed by atoms with Gasteiger partial charge in [0.25, 0.3) is 0 Å². The summed E-state index contributed by atoms with van der Waals surface area (Å²) in [5.41, 5.74) is 2.93. The van der Waals surface area contributed by atoms with Crippen LogP contribution in [0.25, 0.3) is 11.0 Å². The van der Waals surface area contributed by atoms with Crippen molar-refractivity contribution in [3.05, 3.63) is 66.0 Å². The first-order valence-corrected chi connectivity index (χ1v) is 11.3. The van der Waals surface area contributed by atoms with E-state index in [1.54, 1.807) is 0 Å². The Morgan fingerprint density at radius 1 is 1.03 bits per heavy atom. The summed E-state index contributed by atoms with van der Waals surface area (Å²) in [4.78, 5) is 20.6. The molecule has 0 spiro atoms. The van der Waals surface area contributed by atoms with Gasteiger partial charge in [0.1, 0.15) is 5.82 Å². The fraction of sp³-hybridized carbons (Fsp3) is 0.462. The Morgan fingerprint density at radius 2 is 1.69 bits per heavy atom. The lowest BCUT2D eigenvalue weighted by atomic mass is 9.90. The van der Waals surface area contributed by atoms with Crippen molar-refractivity contribution in [1.29, 1.82) is 0 Å². The molecule has 2 heterocycles. The van der Waals surface area contributed by atoms with Gasteiger partial charge in [-0.15, -0.1) is 17.0 Å². The second kappa shape index (κ2) is 10.7. The molecular formula is C26H34BrN3O2. The lowest BCUT2D eigenvalue weighted by Crippen LogP contribution is -2.40. The van der Waals surface area contributed by atoms with Gasteiger partial charge in [0.15, 0.2) is 5.78 Å². The van der Waals surface area contributed by atoms with Gasteiger partial charge in [0.2, 0.25) is 0 Å². The van der Waals surface area contributed by atoms with Crippen molar-refractivity contribution in [3.63, 3.8) is 0 Å². The molecule has 1 aliphatic rings. The van der Waals surface area contributed by atoms with Crippen LogP contribution in [0.15, 0.2) is 54.6 Å². The molecule has 2 aromatic carbocycles. The molecule has 0 radical (unpaired) electrons. The Bertz CT molecular complexity index is 1020. The average Bonchev–Trinajstić information content (AvgIpc) is 3.13. The SMILES string of the molecule is Br.CC(C)(C)C(=O)Cn1c(C(CCc2ccccc2)N2CCOCC2)nc2ccccc21. The summed E-state index contributed by atoms with van der Waals surface area (Å²) in [7, 11) is 0. The lowest BCUT2D eigenvalue weighted by Gasteiger charge is -2.34. The van der Waals surface area contributed by atoms with Crippen LogP contribution < -0.4 is 0 Å². The van der Waals surface area contributed by atoms with Crippen LogP contribution in [0, 0.1) is 5.41 Å². The number of ether oxygens (including phenoxy) is 1. The van der Waals surface area contributed by atoms with E-state index in [2.05, 4.69) is 45.9 Å². The number of Topliss-reactive ketones (excluding diaryl/α,β-unsaturated/α-hetero) is 1. The second-order valence-electron chi connectivity index (χ2n) is 9.41. The van der Waals surface area contributed by atoms with E-state index in [-0.39, 0.29) is 34.2 Å². The van der Waals surface area contributed by atoms with Gasteiger partial charge in [-0.25, -0.2) is 4.98 Å². The minimum Gasteiger partial charge on any atom is -0.379 e. The molecule has 1 atom stereocenters. The number of hydrogen-bond donors (Lipinski definition) is 0. The van der Waals surface area contributed by atoms with Crippen LogP contribution in [0.4, 0.5) is 0 Å². The molecule has 5 nitrogen and oxygen atoms in total. The monoisotopic (exact) mass is 499 g/mol. The van der Waals surface area contributed by atoms with Crippen molar-refractivity contribution in [2.75, 3.05) is 26.3 Å². The molecule has 1 saturated heterocycles. The van der Waals surface area contributed by atoms with E-state index in [1.165, 1.54) is 5.56 Å². The first kappa shape index (κ1) is 24.6. The van der Waals surface area contributed by atoms with Crippen LogP contribution in [-0.4, -0.2) is 46.5 Å². The highest BCUT2D eigenvalue weighted by Gasteiger charge is 2.30. The first-order valence-electron chi connectivity index (χ1n) is 11.3. The summed E-state index contributed by atoms with van der Waals surface area (Å²) < 4.78 is 7.78. The zero-order valence-corrected chi connectivity index (χ0v) is 21.0. The molecule has 1 unspecified atom stereocenters. The third-order valence-corrected chi connectivity index (χ3v) is 6.16. The normalized spacial score (nSPS) is 16.0. The van der Waals surface area contributed by atoms with Crippen molar-refractivity contribution in [1.82, 2.24) is 14.5 Å². The number of ketones is 1. The van der Waals surface area contributed by atoms with E-state index < -0.39 is 0 Å². The van der Waals surface area contributed by atoms with Gasteiger partial charge in [-0.1, -0.05) is 63.2 Å². The van der Waals surface area contributed by atoms with Crippen molar-refractivity contribution < 1.29 is 9.53 Å². The molecule has 0 N–H and O–H groups in total. The average molecular weight is 500 g/mol. The molecular weight excluding hydrogens is 466 g/mol. The molecule has 32 heavy (non-hydrogen) atoms. The summed E-state index contributed by atoms with van der Waals surface area (Å²) in [5.74, 6) is 1.22. The molecule has 1 aliphatic heterocycles. The number of carbonyl (C=O) groups excluding carboxylic acids is 1. The van der Waals surface area contributed by atoms with Crippen LogP contribution in [0.5, 0.6) is 0 Å². The lowest BCUT2D eigenvalue weighted by molar-refractivity contribution is -0.126. The largest absolute Gasteiger partial charge is 0.379 e. The smallest absolute Gasteiger partial charge is 0.157 e. The number of aryl methyl sites for hydroxylation is 1. The van der Waals surface area contributed by atoms with E-state index in [0.717, 1.165) is 56.0 Å². The number of fused-ring (bicyclic) bond motifs is 1. The highest BCUT2D eigenvalue weighted by molar-refractivity contribution is 8.93. The van der Waals surface area contributed by atoms with Crippen LogP contribution in [0.1, 0.15) is 44.6 Å². The summed E-state index contributed by atoms with van der Waals surface area (Å²) in [6.07, 6.45) is 1.93. The van der Waals surface area contributed by atoms with Gasteiger partial charge < -0.3 is 9.30 Å². The maximum absolute atomic E-state index is 13.0. The van der Waals surface area contributed by atoms with Crippen LogP contribution in [-0.2, 0) is 22.5 Å². The Labute approximate surface area is 201 Å². The maximum atomic E-state index is 13.0. The first-order chi connectivity index (χ1) is 14.9. The topological polar surface area (TPSA) is 47.4 Å². The molecule has 4 rings (SSSR count). The summed E-state index contributed by atoms with van der Waals surface area (Å²) in [6, 6.07) is 18.9. The Balaban J connectivity index is 0.00000289. The van der Waals surface area contributed by atoms with Crippen LogP contribution in [0.2, 0.25) is 0 Å². The van der Waals surface area contributed by atoms with E-state index >= 15 is 0 Å². The molecule has 0 aliphatic carbocycles. The molecule has 6 heteroatoms. The number of hydrogen-bond acceptors (Lipinski definition) is 4. The quantitative estimate of drug-likeness (QED) is 0.446. The number of halogens is 1. The molecule has 172 valence electrons. The summed E-state index contributed by atoms with van der Waals surface area (Å²) in [5, 5.41) is 0. The van der Waals surface area contributed by atoms with Crippen LogP contribution >= 0.6 is 17.0 Å². The van der Waals surface area contributed by atoms with Gasteiger partial charge in [-0.2, -0.15) is 0 Å². The third kappa shape index (κ3) is 5.66. The fourth-order valence-corrected chi connectivity index (χ4v) is 4.21. The van der Waals surface area contributed by atoms with E-state index in [4.69, 9.17) is 9.72 Å². The van der Waals surface area contributed by atoms with Gasteiger partial charge in [-0.3, -0.25) is 9.69 Å². The Kier molecular flexibility index (Phi) is 8.26. The zero-order chi connectivity index (χ0) is 21.8. The molecule has 0 saturated carbocycles. The number of aromatic nitrogens is 2. The number of imidazole rings is 1. The second-order valence-corrected chi connectivity index (χ2v) is 9.41. The highest BCUT2D eigenvalue weighted by atomic mass is 79.9. The fourth-order valence-electron chi connectivity index (χ4n) is 4.21. The zero-order valence-electron chi connectivity index (χ0n) is 19.3. The van der Waals surface area contributed by atoms with Crippen LogP contribution in [0.3, 0.4) is 0 Å². The van der Waals surface area contributed by atoms with Crippen molar-refractivity contribution in [2.24, 2.45) is 5.41 Å². The summed E-state index contributed by atoms with van der Waals surface area (Å²) >= 11 is 0. The van der Waals surface area contributed by atoms with E-state index in [9.17, 15) is 4.79 Å².